The number of carbonyl (C=O) groups is 1. The van der Waals surface area contributed by atoms with Gasteiger partial charge in [-0.1, -0.05) is 26.0 Å². The van der Waals surface area contributed by atoms with Gasteiger partial charge in [-0.05, 0) is 35.2 Å². The number of alkyl halides is 3. The fraction of sp³-hybridized carbons (Fsp3) is 0.316. The predicted octanol–water partition coefficient (Wildman–Crippen LogP) is 3.75. The Morgan fingerprint density at radius 2 is 1.73 bits per heavy atom. The van der Waals surface area contributed by atoms with Crippen molar-refractivity contribution in [2.45, 2.75) is 31.0 Å². The molecule has 0 bridgehead atoms. The highest BCUT2D eigenvalue weighted by molar-refractivity contribution is 7.89. The monoisotopic (exact) mass is 446 g/mol. The van der Waals surface area contributed by atoms with Crippen molar-refractivity contribution >= 4 is 21.6 Å². The highest BCUT2D eigenvalue weighted by atomic mass is 32.2. The van der Waals surface area contributed by atoms with Crippen molar-refractivity contribution in [3.63, 3.8) is 0 Å². The van der Waals surface area contributed by atoms with Crippen LogP contribution in [0.25, 0.3) is 0 Å². The van der Waals surface area contributed by atoms with Gasteiger partial charge in [0.2, 0.25) is 15.9 Å². The first-order valence-corrected chi connectivity index (χ1v) is 10.2. The normalized spacial score (nSPS) is 20.5. The van der Waals surface area contributed by atoms with Gasteiger partial charge in [0.05, 0.1) is 16.5 Å². The number of amides is 1. The SMILES string of the molecule is CC1(C)C(C(=O)Nc2cc(F)ccc2OC(F)(F)F)C1c1ccc(S(N)(=O)=O)cc1. The Morgan fingerprint density at radius 1 is 1.13 bits per heavy atom. The van der Waals surface area contributed by atoms with Crippen LogP contribution in [0.3, 0.4) is 0 Å². The van der Waals surface area contributed by atoms with E-state index in [4.69, 9.17) is 5.14 Å². The number of sulfonamides is 1. The second-order valence-electron chi connectivity index (χ2n) is 7.57. The Balaban J connectivity index is 1.82. The molecule has 0 saturated heterocycles. The average molecular weight is 446 g/mol. The van der Waals surface area contributed by atoms with E-state index in [1.165, 1.54) is 24.3 Å². The van der Waals surface area contributed by atoms with Crippen LogP contribution in [0.2, 0.25) is 0 Å². The molecule has 162 valence electrons. The van der Waals surface area contributed by atoms with E-state index in [0.29, 0.717) is 5.56 Å². The first-order chi connectivity index (χ1) is 13.7. The molecule has 11 heteroatoms. The van der Waals surface area contributed by atoms with E-state index in [0.717, 1.165) is 18.2 Å². The lowest BCUT2D eigenvalue weighted by atomic mass is 10.0. The van der Waals surface area contributed by atoms with Crippen molar-refractivity contribution in [2.75, 3.05) is 5.32 Å². The molecule has 1 fully saturated rings. The molecule has 6 nitrogen and oxygen atoms in total. The van der Waals surface area contributed by atoms with E-state index >= 15 is 0 Å². The van der Waals surface area contributed by atoms with Crippen LogP contribution >= 0.6 is 0 Å². The van der Waals surface area contributed by atoms with Crippen LogP contribution in [0, 0.1) is 17.2 Å². The van der Waals surface area contributed by atoms with Crippen molar-refractivity contribution in [3.8, 4) is 5.75 Å². The summed E-state index contributed by atoms with van der Waals surface area (Å²) in [5.74, 6) is -3.15. The number of rotatable bonds is 5. The number of primary sulfonamides is 1. The fourth-order valence-electron chi connectivity index (χ4n) is 3.64. The third-order valence-electron chi connectivity index (χ3n) is 5.10. The summed E-state index contributed by atoms with van der Waals surface area (Å²) in [6, 6.07) is 7.99. The van der Waals surface area contributed by atoms with E-state index in [1.54, 1.807) is 13.8 Å². The third-order valence-corrected chi connectivity index (χ3v) is 6.03. The van der Waals surface area contributed by atoms with Crippen LogP contribution in [-0.4, -0.2) is 20.7 Å². The van der Waals surface area contributed by atoms with Gasteiger partial charge >= 0.3 is 6.36 Å². The summed E-state index contributed by atoms with van der Waals surface area (Å²) in [6.45, 7) is 3.57. The quantitative estimate of drug-likeness (QED) is 0.684. The number of benzene rings is 2. The van der Waals surface area contributed by atoms with Gasteiger partial charge in [0.25, 0.3) is 0 Å². The molecule has 3 N–H and O–H groups in total. The largest absolute Gasteiger partial charge is 0.573 e. The minimum Gasteiger partial charge on any atom is -0.404 e. The van der Waals surface area contributed by atoms with Crippen molar-refractivity contribution in [3.05, 3.63) is 53.8 Å². The number of nitrogens with one attached hydrogen (secondary N) is 1. The third kappa shape index (κ3) is 4.57. The summed E-state index contributed by atoms with van der Waals surface area (Å²) in [5.41, 5.74) is -0.340. The highest BCUT2D eigenvalue weighted by Gasteiger charge is 2.62. The van der Waals surface area contributed by atoms with Gasteiger partial charge in [0.1, 0.15) is 5.82 Å². The number of nitrogens with two attached hydrogens (primary N) is 1. The van der Waals surface area contributed by atoms with E-state index in [2.05, 4.69) is 10.1 Å². The smallest absolute Gasteiger partial charge is 0.404 e. The standard InChI is InChI=1S/C19H18F4N2O4S/c1-18(2)15(10-3-6-12(7-4-10)30(24,27)28)16(18)17(26)25-13-9-11(20)5-8-14(13)29-19(21,22)23/h3-9,15-16H,1-2H3,(H,25,26)(H2,24,27,28). The summed E-state index contributed by atoms with van der Waals surface area (Å²) in [4.78, 5) is 12.7. The molecule has 0 spiro atoms. The summed E-state index contributed by atoms with van der Waals surface area (Å²) >= 11 is 0. The maximum Gasteiger partial charge on any atom is 0.573 e. The van der Waals surface area contributed by atoms with Gasteiger partial charge < -0.3 is 10.1 Å². The second-order valence-corrected chi connectivity index (χ2v) is 9.13. The number of halogens is 4. The van der Waals surface area contributed by atoms with Gasteiger partial charge in [-0.3, -0.25) is 4.79 Å². The zero-order valence-corrected chi connectivity index (χ0v) is 16.6. The molecular formula is C19H18F4N2O4S. The van der Waals surface area contributed by atoms with Crippen molar-refractivity contribution in [2.24, 2.45) is 16.5 Å². The Morgan fingerprint density at radius 3 is 2.27 bits per heavy atom. The van der Waals surface area contributed by atoms with Gasteiger partial charge in [-0.15, -0.1) is 13.2 Å². The molecule has 2 aromatic rings. The van der Waals surface area contributed by atoms with Gasteiger partial charge in [-0.2, -0.15) is 0 Å². The first-order valence-electron chi connectivity index (χ1n) is 8.69. The summed E-state index contributed by atoms with van der Waals surface area (Å²) < 4.78 is 77.9. The highest BCUT2D eigenvalue weighted by Crippen LogP contribution is 2.64. The Labute approximate surface area is 170 Å². The van der Waals surface area contributed by atoms with Crippen LogP contribution in [0.5, 0.6) is 5.75 Å². The van der Waals surface area contributed by atoms with E-state index in [1.807, 2.05) is 0 Å². The van der Waals surface area contributed by atoms with Gasteiger partial charge in [0, 0.05) is 12.0 Å². The van der Waals surface area contributed by atoms with Crippen LogP contribution in [0.15, 0.2) is 47.4 Å². The zero-order valence-electron chi connectivity index (χ0n) is 15.8. The molecule has 30 heavy (non-hydrogen) atoms. The second kappa shape index (κ2) is 7.24. The van der Waals surface area contributed by atoms with Crippen LogP contribution in [0.1, 0.15) is 25.3 Å². The lowest BCUT2D eigenvalue weighted by Crippen LogP contribution is -2.21. The maximum atomic E-state index is 13.5. The van der Waals surface area contributed by atoms with Crippen LogP contribution < -0.4 is 15.2 Å². The molecule has 2 atom stereocenters. The van der Waals surface area contributed by atoms with Crippen molar-refractivity contribution < 1.29 is 35.5 Å². The molecule has 1 aliphatic carbocycles. The molecule has 0 aliphatic heterocycles. The predicted molar refractivity (Wildman–Crippen MR) is 99.5 cm³/mol. The first kappa shape index (κ1) is 22.0. The summed E-state index contributed by atoms with van der Waals surface area (Å²) in [7, 11) is -3.87. The van der Waals surface area contributed by atoms with Gasteiger partial charge in [0.15, 0.2) is 5.75 Å². The minimum atomic E-state index is -5.01. The fourth-order valence-corrected chi connectivity index (χ4v) is 4.15. The Kier molecular flexibility index (Phi) is 5.32. The van der Waals surface area contributed by atoms with Gasteiger partial charge in [-0.25, -0.2) is 17.9 Å². The number of ether oxygens (including phenoxy) is 1. The Hall–Kier alpha value is -2.66. The van der Waals surface area contributed by atoms with E-state index < -0.39 is 50.9 Å². The van der Waals surface area contributed by atoms with E-state index in [-0.39, 0.29) is 10.8 Å². The van der Waals surface area contributed by atoms with Crippen molar-refractivity contribution in [1.29, 1.82) is 0 Å². The van der Waals surface area contributed by atoms with Crippen LogP contribution in [0.4, 0.5) is 23.2 Å². The molecule has 1 saturated carbocycles. The lowest BCUT2D eigenvalue weighted by Gasteiger charge is -2.14. The number of carbonyl (C=O) groups excluding carboxylic acids is 1. The molecule has 0 radical (unpaired) electrons. The molecule has 1 aliphatic rings. The average Bonchev–Trinajstić information content (AvgIpc) is 3.18. The molecular weight excluding hydrogens is 428 g/mol. The topological polar surface area (TPSA) is 98.5 Å². The molecule has 2 unspecified atom stereocenters. The zero-order chi connectivity index (χ0) is 22.5. The summed E-state index contributed by atoms with van der Waals surface area (Å²) in [5, 5.41) is 7.38. The minimum absolute atomic E-state index is 0.0839. The molecule has 1 amide bonds. The number of anilines is 1. The molecule has 0 aromatic heterocycles. The maximum absolute atomic E-state index is 13.5. The number of hydrogen-bond acceptors (Lipinski definition) is 4. The number of hydrogen-bond donors (Lipinski definition) is 2. The van der Waals surface area contributed by atoms with E-state index in [9.17, 15) is 30.8 Å². The molecule has 0 heterocycles. The summed E-state index contributed by atoms with van der Waals surface area (Å²) in [6.07, 6.45) is -5.01. The van der Waals surface area contributed by atoms with Crippen LogP contribution in [-0.2, 0) is 14.8 Å². The Bertz CT molecular complexity index is 1080. The molecule has 2 aromatic carbocycles. The van der Waals surface area contributed by atoms with Crippen molar-refractivity contribution in [1.82, 2.24) is 0 Å². The molecule has 3 rings (SSSR count). The lowest BCUT2D eigenvalue weighted by molar-refractivity contribution is -0.274.